The molecule has 2 aliphatic rings. The van der Waals surface area contributed by atoms with Crippen LogP contribution in [0.1, 0.15) is 0 Å². The van der Waals surface area contributed by atoms with Crippen LogP contribution >= 0.6 is 0 Å². The van der Waals surface area contributed by atoms with E-state index in [4.69, 9.17) is 4.74 Å². The fourth-order valence-corrected chi connectivity index (χ4v) is 2.39. The van der Waals surface area contributed by atoms with Crippen molar-refractivity contribution in [2.24, 2.45) is 0 Å². The highest BCUT2D eigenvalue weighted by Crippen LogP contribution is 2.30. The molecule has 0 amide bonds. The monoisotopic (exact) mass is 322 g/mol. The largest absolute Gasteiger partial charge is 0.590 e. The molecule has 11 nitrogen and oxygen atoms in total. The summed E-state index contributed by atoms with van der Waals surface area (Å²) >= 11 is 0. The number of rotatable bonds is 2. The van der Waals surface area contributed by atoms with Gasteiger partial charge in [-0.25, -0.2) is 0 Å². The van der Waals surface area contributed by atoms with Crippen molar-refractivity contribution < 1.29 is 35.5 Å². The lowest BCUT2D eigenvalue weighted by Gasteiger charge is -2.10. The number of benzene rings is 2. The zero-order chi connectivity index (χ0) is 16.1. The van der Waals surface area contributed by atoms with E-state index >= 15 is 0 Å². The number of ether oxygens (including phenoxy) is 1. The maximum Gasteiger partial charge on any atom is 0.237 e. The van der Waals surface area contributed by atoms with Crippen molar-refractivity contribution in [2.75, 3.05) is 0 Å². The van der Waals surface area contributed by atoms with Crippen LogP contribution in [0.5, 0.6) is 11.5 Å². The second kappa shape index (κ2) is 5.19. The van der Waals surface area contributed by atoms with E-state index in [1.807, 2.05) is 0 Å². The van der Waals surface area contributed by atoms with Crippen LogP contribution in [0.15, 0.2) is 36.4 Å². The summed E-state index contributed by atoms with van der Waals surface area (Å²) in [5.74, 6) is 0.570. The van der Waals surface area contributed by atoms with Crippen molar-refractivity contribution in [3.63, 3.8) is 0 Å². The smallest absolute Gasteiger partial charge is 0.237 e. The molecule has 0 aliphatic carbocycles. The molecule has 4 rings (SSSR count). The van der Waals surface area contributed by atoms with Gasteiger partial charge in [-0.1, -0.05) is 0 Å². The Morgan fingerprint density at radius 3 is 1.43 bits per heavy atom. The molecular formula is C12H10N4O7. The van der Waals surface area contributed by atoms with Gasteiger partial charge in [-0.05, 0) is 12.1 Å². The molecule has 23 heavy (non-hydrogen) atoms. The SMILES string of the molecule is [O-][NH+]1O[NH+]([O-])c2cc(Oc3ccc4c(c3)[NH+]([O-])O[NH+]4[O-])ccc21. The average molecular weight is 322 g/mol. The highest BCUT2D eigenvalue weighted by Gasteiger charge is 2.31. The second-order valence-electron chi connectivity index (χ2n) is 4.87. The molecule has 0 bridgehead atoms. The molecule has 0 spiro atoms. The first-order chi connectivity index (χ1) is 11.0. The first kappa shape index (κ1) is 14.4. The maximum absolute atomic E-state index is 11.5. The Bertz CT molecular complexity index is 710. The molecule has 0 saturated heterocycles. The molecule has 0 saturated carbocycles. The summed E-state index contributed by atoms with van der Waals surface area (Å²) in [6.07, 6.45) is 0. The molecule has 4 atom stereocenters. The maximum atomic E-state index is 11.5. The summed E-state index contributed by atoms with van der Waals surface area (Å²) in [5, 5.41) is 42.9. The van der Waals surface area contributed by atoms with E-state index in [1.54, 1.807) is 0 Å². The normalized spacial score (nSPS) is 28.5. The summed E-state index contributed by atoms with van der Waals surface area (Å²) in [4.78, 5) is 8.98. The minimum atomic E-state index is -0.737. The Morgan fingerprint density at radius 2 is 1.00 bits per heavy atom. The molecule has 0 aromatic heterocycles. The quantitative estimate of drug-likeness (QED) is 0.440. The van der Waals surface area contributed by atoms with Crippen molar-refractivity contribution in [3.8, 4) is 11.5 Å². The van der Waals surface area contributed by atoms with Gasteiger partial charge >= 0.3 is 0 Å². The van der Waals surface area contributed by atoms with Gasteiger partial charge in [0.05, 0.1) is 12.1 Å². The van der Waals surface area contributed by atoms with Gasteiger partial charge in [0, 0.05) is 22.0 Å². The number of nitrogens with one attached hydrogen (secondary N) is 4. The minimum Gasteiger partial charge on any atom is -0.590 e. The third kappa shape index (κ3) is 2.35. The van der Waals surface area contributed by atoms with Crippen molar-refractivity contribution >= 4 is 22.7 Å². The molecule has 4 N–H and O–H groups in total. The van der Waals surface area contributed by atoms with E-state index < -0.39 is 20.9 Å². The van der Waals surface area contributed by atoms with Crippen LogP contribution in [0, 0.1) is 20.8 Å². The van der Waals surface area contributed by atoms with Crippen LogP contribution in [0.3, 0.4) is 0 Å². The van der Waals surface area contributed by atoms with E-state index in [0.717, 1.165) is 0 Å². The zero-order valence-electron chi connectivity index (χ0n) is 11.3. The number of fused-ring (bicyclic) bond motifs is 2. The first-order valence-electron chi connectivity index (χ1n) is 6.52. The third-order valence-electron chi connectivity index (χ3n) is 3.47. The Morgan fingerprint density at radius 1 is 0.609 bits per heavy atom. The predicted octanol–water partition coefficient (Wildman–Crippen LogP) is -2.74. The molecule has 0 radical (unpaired) electrons. The number of hydrogen-bond acceptors (Lipinski definition) is 7. The van der Waals surface area contributed by atoms with Gasteiger partial charge in [-0.2, -0.15) is 0 Å². The van der Waals surface area contributed by atoms with Crippen LogP contribution in [-0.4, -0.2) is 0 Å². The van der Waals surface area contributed by atoms with E-state index in [0.29, 0.717) is 0 Å². The Labute approximate surface area is 128 Å². The van der Waals surface area contributed by atoms with Crippen molar-refractivity contribution in [2.45, 2.75) is 0 Å². The lowest BCUT2D eigenvalue weighted by Crippen LogP contribution is -3.15. The van der Waals surface area contributed by atoms with Gasteiger partial charge in [0.25, 0.3) is 0 Å². The fraction of sp³-hybridized carbons (Fsp3) is 0. The van der Waals surface area contributed by atoms with Gasteiger partial charge in [-0.15, -0.1) is 20.9 Å². The van der Waals surface area contributed by atoms with Crippen molar-refractivity contribution in [1.29, 1.82) is 0 Å². The molecule has 2 aromatic rings. The Hall–Kier alpha value is -2.16. The van der Waals surface area contributed by atoms with Crippen LogP contribution in [-0.2, 0) is 9.88 Å². The van der Waals surface area contributed by atoms with Crippen molar-refractivity contribution in [1.82, 2.24) is 0 Å². The van der Waals surface area contributed by atoms with E-state index in [1.165, 1.54) is 36.4 Å². The molecule has 2 aliphatic heterocycles. The topological polar surface area (TPSA) is 138 Å². The van der Waals surface area contributed by atoms with E-state index in [-0.39, 0.29) is 34.2 Å². The molecular weight excluding hydrogens is 312 g/mol. The summed E-state index contributed by atoms with van der Waals surface area (Å²) in [7, 11) is 0. The van der Waals surface area contributed by atoms with Crippen LogP contribution in [0.25, 0.3) is 0 Å². The highest BCUT2D eigenvalue weighted by molar-refractivity contribution is 5.58. The fourth-order valence-electron chi connectivity index (χ4n) is 2.39. The zero-order valence-corrected chi connectivity index (χ0v) is 11.3. The lowest BCUT2D eigenvalue weighted by molar-refractivity contribution is -1.24. The molecule has 2 heterocycles. The lowest BCUT2D eigenvalue weighted by atomic mass is 10.2. The minimum absolute atomic E-state index is 0.114. The van der Waals surface area contributed by atoms with E-state index in [2.05, 4.69) is 9.88 Å². The molecule has 11 heteroatoms. The van der Waals surface area contributed by atoms with Crippen molar-refractivity contribution in [3.05, 3.63) is 57.2 Å². The van der Waals surface area contributed by atoms with Gasteiger partial charge in [-0.3, -0.25) is 0 Å². The first-order valence-corrected chi connectivity index (χ1v) is 6.52. The third-order valence-corrected chi connectivity index (χ3v) is 3.47. The Balaban J connectivity index is 1.62. The van der Waals surface area contributed by atoms with E-state index in [9.17, 15) is 20.8 Å². The molecule has 4 unspecified atom stereocenters. The van der Waals surface area contributed by atoms with Gasteiger partial charge in [0.1, 0.15) is 11.5 Å². The molecule has 2 aromatic carbocycles. The van der Waals surface area contributed by atoms with Crippen LogP contribution in [0.4, 0.5) is 22.7 Å². The van der Waals surface area contributed by atoms with Gasteiger partial charge < -0.3 is 25.6 Å². The number of hydrogen-bond donors (Lipinski definition) is 4. The molecule has 0 fully saturated rings. The number of quaternary nitrogens is 4. The second-order valence-corrected chi connectivity index (χ2v) is 4.87. The summed E-state index contributed by atoms with van der Waals surface area (Å²) in [6.45, 7) is 0. The molecule has 120 valence electrons. The van der Waals surface area contributed by atoms with Gasteiger partial charge in [0.2, 0.25) is 22.7 Å². The average Bonchev–Trinajstić information content (AvgIpc) is 2.96. The van der Waals surface area contributed by atoms with Crippen LogP contribution in [0.2, 0.25) is 0 Å². The summed E-state index contributed by atoms with van der Waals surface area (Å²) in [6, 6.07) is 8.58. The standard InChI is InChI=1S/C12H10N4O7/c17-13-9-3-1-7(5-11(9)15(19)22-13)21-8-2-4-10-12(6-8)16(20)23-14(10)18/h1-6,13-16H. The predicted molar refractivity (Wildman–Crippen MR) is 71.1 cm³/mol. The highest BCUT2D eigenvalue weighted by atomic mass is 17.1. The van der Waals surface area contributed by atoms with Crippen LogP contribution < -0.4 is 25.6 Å². The Kier molecular flexibility index (Phi) is 3.26. The summed E-state index contributed by atoms with van der Waals surface area (Å²) in [5.41, 5.74) is 0.572. The van der Waals surface area contributed by atoms with Gasteiger partial charge in [0.15, 0.2) is 0 Å². The summed E-state index contributed by atoms with van der Waals surface area (Å²) < 4.78 is 5.56.